The number of carboxylic acid groups (broad SMARTS) is 1. The van der Waals surface area contributed by atoms with Crippen LogP contribution in [0.1, 0.15) is 31.4 Å². The molecule has 23 heavy (non-hydrogen) atoms. The summed E-state index contributed by atoms with van der Waals surface area (Å²) in [6.07, 6.45) is -0.152. The van der Waals surface area contributed by atoms with Crippen LogP contribution in [0.3, 0.4) is 0 Å². The van der Waals surface area contributed by atoms with E-state index in [0.717, 1.165) is 5.56 Å². The minimum atomic E-state index is -3.71. The Kier molecular flexibility index (Phi) is 5.90. The minimum Gasteiger partial charge on any atom is -0.480 e. The van der Waals surface area contributed by atoms with E-state index in [0.29, 0.717) is 5.56 Å². The summed E-state index contributed by atoms with van der Waals surface area (Å²) in [5.74, 6) is -1.71. The molecule has 0 unspecified atom stereocenters. The third-order valence-electron chi connectivity index (χ3n) is 3.25. The molecule has 0 spiro atoms. The Morgan fingerprint density at radius 3 is 2.35 bits per heavy atom. The number of sulfonamides is 1. The fourth-order valence-corrected chi connectivity index (χ4v) is 3.20. The first-order valence-electron chi connectivity index (χ1n) is 7.07. The van der Waals surface area contributed by atoms with Gasteiger partial charge in [0.15, 0.2) is 0 Å². The van der Waals surface area contributed by atoms with E-state index in [2.05, 4.69) is 10.0 Å². The van der Waals surface area contributed by atoms with Crippen LogP contribution in [0, 0.1) is 13.8 Å². The lowest BCUT2D eigenvalue weighted by Crippen LogP contribution is -2.50. The van der Waals surface area contributed by atoms with E-state index in [1.54, 1.807) is 19.1 Å². The van der Waals surface area contributed by atoms with Crippen molar-refractivity contribution < 1.29 is 23.1 Å². The van der Waals surface area contributed by atoms with Crippen LogP contribution in [0.2, 0.25) is 0 Å². The van der Waals surface area contributed by atoms with Gasteiger partial charge in [-0.15, -0.1) is 0 Å². The molecule has 1 amide bonds. The molecule has 0 aromatic heterocycles. The van der Waals surface area contributed by atoms with Gasteiger partial charge in [-0.05, 0) is 39.3 Å². The van der Waals surface area contributed by atoms with Crippen molar-refractivity contribution >= 4 is 21.9 Å². The lowest BCUT2D eigenvalue weighted by Gasteiger charge is -2.21. The lowest BCUT2D eigenvalue weighted by molar-refractivity contribution is -0.146. The van der Waals surface area contributed by atoms with E-state index in [1.165, 1.54) is 19.9 Å². The van der Waals surface area contributed by atoms with Gasteiger partial charge in [-0.25, -0.2) is 17.9 Å². The van der Waals surface area contributed by atoms with Gasteiger partial charge in [0.05, 0.1) is 4.90 Å². The van der Waals surface area contributed by atoms with Gasteiger partial charge in [0, 0.05) is 13.0 Å². The van der Waals surface area contributed by atoms with Gasteiger partial charge in [0.2, 0.25) is 15.9 Å². The number of hydrogen-bond donors (Lipinski definition) is 3. The van der Waals surface area contributed by atoms with Crippen molar-refractivity contribution in [2.24, 2.45) is 0 Å². The average Bonchev–Trinajstić information content (AvgIpc) is 2.36. The maximum atomic E-state index is 12.2. The first-order chi connectivity index (χ1) is 10.5. The first kappa shape index (κ1) is 19.1. The second-order valence-corrected chi connectivity index (χ2v) is 7.63. The number of carbonyl (C=O) groups excluding carboxylic acids is 1. The van der Waals surface area contributed by atoms with Crippen molar-refractivity contribution in [3.05, 3.63) is 29.3 Å². The predicted molar refractivity (Wildman–Crippen MR) is 85.6 cm³/mol. The quantitative estimate of drug-likeness (QED) is 0.683. The molecule has 0 saturated carbocycles. The van der Waals surface area contributed by atoms with E-state index >= 15 is 0 Å². The van der Waals surface area contributed by atoms with Crippen molar-refractivity contribution in [3.8, 4) is 0 Å². The highest BCUT2D eigenvalue weighted by Gasteiger charge is 2.28. The molecule has 0 radical (unpaired) electrons. The summed E-state index contributed by atoms with van der Waals surface area (Å²) in [5, 5.41) is 11.2. The zero-order valence-electron chi connectivity index (χ0n) is 13.6. The van der Waals surface area contributed by atoms with Crippen LogP contribution >= 0.6 is 0 Å². The van der Waals surface area contributed by atoms with E-state index in [1.807, 2.05) is 6.92 Å². The summed E-state index contributed by atoms with van der Waals surface area (Å²) >= 11 is 0. The van der Waals surface area contributed by atoms with Gasteiger partial charge >= 0.3 is 5.97 Å². The van der Waals surface area contributed by atoms with Crippen molar-refractivity contribution in [1.82, 2.24) is 10.0 Å². The SMILES string of the molecule is Cc1ccc(S(=O)(=O)NCCC(=O)NC(C)(C)C(=O)O)c(C)c1. The number of rotatable bonds is 7. The molecule has 0 fully saturated rings. The van der Waals surface area contributed by atoms with Crippen LogP contribution in [0.4, 0.5) is 0 Å². The van der Waals surface area contributed by atoms with Gasteiger partial charge in [-0.1, -0.05) is 17.7 Å². The molecule has 0 aliphatic heterocycles. The molecule has 1 rings (SSSR count). The third-order valence-corrected chi connectivity index (χ3v) is 4.87. The molecule has 0 bridgehead atoms. The van der Waals surface area contributed by atoms with Crippen LogP contribution < -0.4 is 10.0 Å². The lowest BCUT2D eigenvalue weighted by atomic mass is 10.1. The fourth-order valence-electron chi connectivity index (χ4n) is 1.94. The highest BCUT2D eigenvalue weighted by atomic mass is 32.2. The molecule has 128 valence electrons. The third kappa shape index (κ3) is 5.33. The molecule has 8 heteroatoms. The molecule has 0 aliphatic rings. The highest BCUT2D eigenvalue weighted by Crippen LogP contribution is 2.16. The minimum absolute atomic E-state index is 0.114. The number of hydrogen-bond acceptors (Lipinski definition) is 4. The van der Waals surface area contributed by atoms with Crippen molar-refractivity contribution in [2.45, 2.75) is 44.6 Å². The van der Waals surface area contributed by atoms with E-state index in [-0.39, 0.29) is 17.9 Å². The Morgan fingerprint density at radius 1 is 1.22 bits per heavy atom. The Hall–Kier alpha value is -1.93. The first-order valence-corrected chi connectivity index (χ1v) is 8.55. The van der Waals surface area contributed by atoms with Crippen LogP contribution in [0.15, 0.2) is 23.1 Å². The van der Waals surface area contributed by atoms with Crippen LogP contribution in [-0.2, 0) is 19.6 Å². The normalized spacial score (nSPS) is 12.0. The van der Waals surface area contributed by atoms with Crippen LogP contribution in [0.25, 0.3) is 0 Å². The van der Waals surface area contributed by atoms with E-state index < -0.39 is 27.4 Å². The zero-order chi connectivity index (χ0) is 17.8. The number of aliphatic carboxylic acids is 1. The fraction of sp³-hybridized carbons (Fsp3) is 0.467. The Labute approximate surface area is 136 Å². The maximum Gasteiger partial charge on any atom is 0.328 e. The number of carbonyl (C=O) groups is 2. The van der Waals surface area contributed by atoms with Crippen LogP contribution in [-0.4, -0.2) is 37.5 Å². The van der Waals surface area contributed by atoms with Gasteiger partial charge in [0.1, 0.15) is 5.54 Å². The molecule has 7 nitrogen and oxygen atoms in total. The summed E-state index contributed by atoms with van der Waals surface area (Å²) in [7, 11) is -3.71. The zero-order valence-corrected chi connectivity index (χ0v) is 14.5. The monoisotopic (exact) mass is 342 g/mol. The topological polar surface area (TPSA) is 113 Å². The molecule has 0 saturated heterocycles. The smallest absolute Gasteiger partial charge is 0.328 e. The Balaban J connectivity index is 2.64. The van der Waals surface area contributed by atoms with Crippen molar-refractivity contribution in [1.29, 1.82) is 0 Å². The largest absolute Gasteiger partial charge is 0.480 e. The van der Waals surface area contributed by atoms with E-state index in [4.69, 9.17) is 5.11 Å². The summed E-state index contributed by atoms with van der Waals surface area (Å²) in [6.45, 7) is 6.16. The highest BCUT2D eigenvalue weighted by molar-refractivity contribution is 7.89. The van der Waals surface area contributed by atoms with Crippen molar-refractivity contribution in [3.63, 3.8) is 0 Å². The summed E-state index contributed by atoms with van der Waals surface area (Å²) in [6, 6.07) is 4.97. The second kappa shape index (κ2) is 7.10. The summed E-state index contributed by atoms with van der Waals surface area (Å²) < 4.78 is 26.8. The molecule has 1 aromatic rings. The summed E-state index contributed by atoms with van der Waals surface area (Å²) in [4.78, 5) is 22.8. The predicted octanol–water partition coefficient (Wildman–Crippen LogP) is 0.951. The van der Waals surface area contributed by atoms with Gasteiger partial charge in [-0.3, -0.25) is 4.79 Å². The van der Waals surface area contributed by atoms with E-state index in [9.17, 15) is 18.0 Å². The van der Waals surface area contributed by atoms with Gasteiger partial charge < -0.3 is 10.4 Å². The molecule has 0 aliphatic carbocycles. The van der Waals surface area contributed by atoms with Crippen molar-refractivity contribution in [2.75, 3.05) is 6.54 Å². The second-order valence-electron chi connectivity index (χ2n) is 5.90. The van der Waals surface area contributed by atoms with Gasteiger partial charge in [0.25, 0.3) is 0 Å². The molecule has 3 N–H and O–H groups in total. The maximum absolute atomic E-state index is 12.2. The number of nitrogens with one attached hydrogen (secondary N) is 2. The number of carboxylic acids is 1. The van der Waals surface area contributed by atoms with Crippen LogP contribution in [0.5, 0.6) is 0 Å². The summed E-state index contributed by atoms with van der Waals surface area (Å²) in [5.41, 5.74) is 0.175. The molecule has 1 aromatic carbocycles. The number of aryl methyl sites for hydroxylation is 2. The van der Waals surface area contributed by atoms with Gasteiger partial charge in [-0.2, -0.15) is 0 Å². The molecule has 0 atom stereocenters. The number of benzene rings is 1. The average molecular weight is 342 g/mol. The Bertz CT molecular complexity index is 711. The molecular formula is C15H22N2O5S. The molecule has 0 heterocycles. The standard InChI is InChI=1S/C15H22N2O5S/c1-10-5-6-12(11(2)9-10)23(21,22)16-8-7-13(18)17-15(3,4)14(19)20/h5-6,9,16H,7-8H2,1-4H3,(H,17,18)(H,19,20). The Morgan fingerprint density at radius 2 is 1.83 bits per heavy atom. The number of amides is 1. The molecular weight excluding hydrogens is 320 g/mol.